The Kier molecular flexibility index (Phi) is 5.89. The van der Waals surface area contributed by atoms with Gasteiger partial charge >= 0.3 is 0 Å². The van der Waals surface area contributed by atoms with Crippen LogP contribution in [0.25, 0.3) is 22.8 Å². The summed E-state index contributed by atoms with van der Waals surface area (Å²) in [6, 6.07) is 15.3. The average molecular weight is 413 g/mol. The largest absolute Gasteiger partial charge is 0.436 e. The molecule has 0 saturated heterocycles. The van der Waals surface area contributed by atoms with Crippen molar-refractivity contribution < 1.29 is 9.21 Å². The second-order valence-electron chi connectivity index (χ2n) is 6.25. The number of hydrogen-bond donors (Lipinski definition) is 1. The lowest BCUT2D eigenvalue weighted by Crippen LogP contribution is -2.32. The van der Waals surface area contributed by atoms with Crippen LogP contribution in [0.2, 0.25) is 0 Å². The Morgan fingerprint density at radius 1 is 1.23 bits per heavy atom. The molecule has 1 amide bonds. The highest BCUT2D eigenvalue weighted by Crippen LogP contribution is 2.29. The van der Waals surface area contributed by atoms with Crippen LogP contribution in [0, 0.1) is 0 Å². The molecule has 26 heavy (non-hydrogen) atoms. The Morgan fingerprint density at radius 3 is 2.81 bits per heavy atom. The molecule has 0 aliphatic carbocycles. The summed E-state index contributed by atoms with van der Waals surface area (Å²) >= 11 is 3.46. The highest BCUT2D eigenvalue weighted by molar-refractivity contribution is 9.10. The fourth-order valence-electron chi connectivity index (χ4n) is 2.85. The van der Waals surface area contributed by atoms with Crippen LogP contribution in [0.15, 0.2) is 63.6 Å². The number of amides is 1. The first-order valence-corrected chi connectivity index (χ1v) is 9.49. The molecule has 4 nitrogen and oxygen atoms in total. The van der Waals surface area contributed by atoms with Crippen molar-refractivity contribution in [1.82, 2.24) is 10.3 Å². The molecule has 0 fully saturated rings. The van der Waals surface area contributed by atoms with Crippen LogP contribution in [-0.2, 0) is 0 Å². The van der Waals surface area contributed by atoms with Gasteiger partial charge in [0, 0.05) is 21.6 Å². The van der Waals surface area contributed by atoms with Crippen molar-refractivity contribution in [1.29, 1.82) is 0 Å². The molecule has 1 atom stereocenters. The number of benzene rings is 2. The molecule has 0 unspecified atom stereocenters. The predicted molar refractivity (Wildman–Crippen MR) is 107 cm³/mol. The third-order valence-electron chi connectivity index (χ3n) is 4.12. The van der Waals surface area contributed by atoms with Crippen LogP contribution in [0.5, 0.6) is 0 Å². The summed E-state index contributed by atoms with van der Waals surface area (Å²) in [6.45, 7) is 4.12. The van der Waals surface area contributed by atoms with Gasteiger partial charge in [0.05, 0.1) is 11.8 Å². The number of carbonyl (C=O) groups excluding carboxylic acids is 1. The first-order chi connectivity index (χ1) is 12.6. The Morgan fingerprint density at radius 2 is 2.04 bits per heavy atom. The number of carbonyl (C=O) groups is 1. The van der Waals surface area contributed by atoms with E-state index < -0.39 is 0 Å². The van der Waals surface area contributed by atoms with Crippen LogP contribution in [0.3, 0.4) is 0 Å². The lowest BCUT2D eigenvalue weighted by atomic mass is 10.1. The van der Waals surface area contributed by atoms with E-state index in [2.05, 4.69) is 33.2 Å². The molecule has 0 saturated carbocycles. The molecular weight excluding hydrogens is 392 g/mol. The van der Waals surface area contributed by atoms with Gasteiger partial charge < -0.3 is 9.73 Å². The number of halogens is 1. The maximum Gasteiger partial charge on any atom is 0.252 e. The number of aromatic nitrogens is 1. The minimum absolute atomic E-state index is 0.108. The van der Waals surface area contributed by atoms with E-state index in [1.54, 1.807) is 12.3 Å². The predicted octanol–water partition coefficient (Wildman–Crippen LogP) is 5.69. The van der Waals surface area contributed by atoms with Gasteiger partial charge in [-0.1, -0.05) is 53.5 Å². The summed E-state index contributed by atoms with van der Waals surface area (Å²) in [5.74, 6) is 0.994. The fourth-order valence-corrected chi connectivity index (χ4v) is 3.25. The van der Waals surface area contributed by atoms with Gasteiger partial charge in [0.2, 0.25) is 5.89 Å². The van der Waals surface area contributed by atoms with E-state index >= 15 is 0 Å². The van der Waals surface area contributed by atoms with E-state index in [-0.39, 0.29) is 11.9 Å². The van der Waals surface area contributed by atoms with Crippen molar-refractivity contribution in [2.24, 2.45) is 0 Å². The van der Waals surface area contributed by atoms with E-state index in [4.69, 9.17) is 4.42 Å². The van der Waals surface area contributed by atoms with Gasteiger partial charge in [-0.15, -0.1) is 0 Å². The van der Waals surface area contributed by atoms with E-state index in [0.717, 1.165) is 22.9 Å². The number of oxazole rings is 1. The Labute approximate surface area is 161 Å². The summed E-state index contributed by atoms with van der Waals surface area (Å²) in [5.41, 5.74) is 2.18. The third-order valence-corrected chi connectivity index (χ3v) is 4.61. The molecule has 1 heterocycles. The fraction of sp³-hybridized carbons (Fsp3) is 0.238. The Bertz CT molecular complexity index is 904. The molecule has 0 aliphatic heterocycles. The van der Waals surface area contributed by atoms with Crippen molar-refractivity contribution in [2.75, 3.05) is 0 Å². The zero-order valence-electron chi connectivity index (χ0n) is 14.8. The lowest BCUT2D eigenvalue weighted by molar-refractivity contribution is 0.0938. The summed E-state index contributed by atoms with van der Waals surface area (Å²) in [4.78, 5) is 17.0. The van der Waals surface area contributed by atoms with Gasteiger partial charge in [-0.3, -0.25) is 4.79 Å². The van der Waals surface area contributed by atoms with E-state index in [1.165, 1.54) is 0 Å². The summed E-state index contributed by atoms with van der Waals surface area (Å²) in [5, 5.41) is 3.04. The van der Waals surface area contributed by atoms with Crippen LogP contribution in [0.1, 0.15) is 37.0 Å². The van der Waals surface area contributed by atoms with Gasteiger partial charge in [-0.2, -0.15) is 0 Å². The second kappa shape index (κ2) is 8.32. The third kappa shape index (κ3) is 4.22. The molecule has 3 aromatic rings. The SMILES string of the molecule is CCC[C@@H](C)NC(=O)c1ccccc1-c1ncc(-c2cccc(Br)c2)o1. The summed E-state index contributed by atoms with van der Waals surface area (Å²) in [7, 11) is 0. The second-order valence-corrected chi connectivity index (χ2v) is 7.16. The van der Waals surface area contributed by atoms with Gasteiger partial charge in [-0.05, 0) is 37.6 Å². The zero-order valence-corrected chi connectivity index (χ0v) is 16.4. The van der Waals surface area contributed by atoms with Crippen LogP contribution >= 0.6 is 15.9 Å². The monoisotopic (exact) mass is 412 g/mol. The summed E-state index contributed by atoms with van der Waals surface area (Å²) in [6.07, 6.45) is 3.66. The maximum absolute atomic E-state index is 12.7. The van der Waals surface area contributed by atoms with Crippen LogP contribution < -0.4 is 5.32 Å². The quantitative estimate of drug-likeness (QED) is 0.565. The minimum Gasteiger partial charge on any atom is -0.436 e. The molecule has 2 aromatic carbocycles. The van der Waals surface area contributed by atoms with E-state index in [1.807, 2.05) is 49.4 Å². The zero-order chi connectivity index (χ0) is 18.5. The van der Waals surface area contributed by atoms with Gasteiger partial charge in [0.1, 0.15) is 0 Å². The van der Waals surface area contributed by atoms with Crippen molar-refractivity contribution in [3.05, 3.63) is 64.8 Å². The number of nitrogens with one attached hydrogen (secondary N) is 1. The molecule has 134 valence electrons. The van der Waals surface area contributed by atoms with Gasteiger partial charge in [0.25, 0.3) is 5.91 Å². The molecule has 0 bridgehead atoms. The lowest BCUT2D eigenvalue weighted by Gasteiger charge is -2.14. The number of nitrogens with zero attached hydrogens (tertiary/aromatic N) is 1. The molecule has 0 radical (unpaired) electrons. The smallest absolute Gasteiger partial charge is 0.252 e. The van der Waals surface area contributed by atoms with Crippen molar-refractivity contribution in [2.45, 2.75) is 32.7 Å². The van der Waals surface area contributed by atoms with Crippen molar-refractivity contribution in [3.63, 3.8) is 0 Å². The van der Waals surface area contributed by atoms with Gasteiger partial charge in [0.15, 0.2) is 5.76 Å². The van der Waals surface area contributed by atoms with Crippen LogP contribution in [-0.4, -0.2) is 16.9 Å². The molecule has 1 N–H and O–H groups in total. The summed E-state index contributed by atoms with van der Waals surface area (Å²) < 4.78 is 6.91. The highest BCUT2D eigenvalue weighted by Gasteiger charge is 2.18. The highest BCUT2D eigenvalue weighted by atomic mass is 79.9. The number of hydrogen-bond acceptors (Lipinski definition) is 3. The van der Waals surface area contributed by atoms with E-state index in [0.29, 0.717) is 22.8 Å². The molecule has 0 spiro atoms. The molecule has 1 aromatic heterocycles. The Balaban J connectivity index is 1.90. The van der Waals surface area contributed by atoms with Crippen LogP contribution in [0.4, 0.5) is 0 Å². The van der Waals surface area contributed by atoms with E-state index in [9.17, 15) is 4.79 Å². The Hall–Kier alpha value is -2.40. The molecule has 3 rings (SSSR count). The molecule has 0 aliphatic rings. The molecule has 5 heteroatoms. The standard InChI is InChI=1S/C21H21BrN2O2/c1-3-7-14(2)24-20(25)17-10-4-5-11-18(17)21-23-13-19(26-21)15-8-6-9-16(22)12-15/h4-6,8-14H,3,7H2,1-2H3,(H,24,25)/t14-/m1/s1. The first kappa shape index (κ1) is 18.4. The van der Waals surface area contributed by atoms with Crippen molar-refractivity contribution in [3.8, 4) is 22.8 Å². The molecular formula is C21H21BrN2O2. The van der Waals surface area contributed by atoms with Crippen molar-refractivity contribution >= 4 is 21.8 Å². The maximum atomic E-state index is 12.7. The topological polar surface area (TPSA) is 55.1 Å². The minimum atomic E-state index is -0.108. The van der Waals surface area contributed by atoms with Gasteiger partial charge in [-0.25, -0.2) is 4.98 Å². The average Bonchev–Trinajstić information content (AvgIpc) is 3.12. The first-order valence-electron chi connectivity index (χ1n) is 8.70. The normalized spacial score (nSPS) is 12.0. The number of rotatable bonds is 6.